The highest BCUT2D eigenvalue weighted by molar-refractivity contribution is 8.00. The van der Waals surface area contributed by atoms with Gasteiger partial charge in [-0.25, -0.2) is 9.18 Å². The molecule has 2 fully saturated rings. The highest BCUT2D eigenvalue weighted by Gasteiger charge is 2.54. The molecule has 53 heavy (non-hydrogen) atoms. The number of β-lactam (4-membered cyclic amide) rings is 1. The molecule has 276 valence electrons. The summed E-state index contributed by atoms with van der Waals surface area (Å²) in [6.07, 6.45) is 0.676. The number of thioether (sulfide) groups is 2. The largest absolute Gasteiger partial charge is 0.505 e. The number of carboxylic acid groups (broad SMARTS) is 1. The lowest BCUT2D eigenvalue weighted by Gasteiger charge is -2.49. The monoisotopic (exact) mass is 772 g/mol. The number of benzene rings is 2. The summed E-state index contributed by atoms with van der Waals surface area (Å²) in [6, 6.07) is 10.3. The van der Waals surface area contributed by atoms with Gasteiger partial charge in [0.25, 0.3) is 11.8 Å². The predicted molar refractivity (Wildman–Crippen MR) is 183 cm³/mol. The van der Waals surface area contributed by atoms with E-state index in [2.05, 4.69) is 10.6 Å². The molecular formula is C35H30F4N5O7S2+. The van der Waals surface area contributed by atoms with Crippen molar-refractivity contribution in [3.8, 4) is 5.75 Å². The normalized spacial score (nSPS) is 19.3. The number of aliphatic carboxylic acids is 1. The summed E-state index contributed by atoms with van der Waals surface area (Å²) < 4.78 is 53.6. The molecule has 18 heteroatoms. The number of phenols is 1. The second-order valence-corrected chi connectivity index (χ2v) is 14.3. The van der Waals surface area contributed by atoms with E-state index >= 15 is 0 Å². The van der Waals surface area contributed by atoms with E-state index < -0.39 is 58.4 Å². The van der Waals surface area contributed by atoms with Crippen molar-refractivity contribution in [2.75, 3.05) is 23.4 Å². The number of carbonyl (C=O) groups excluding carboxylic acids is 4. The van der Waals surface area contributed by atoms with Crippen molar-refractivity contribution in [2.45, 2.75) is 42.0 Å². The Kier molecular flexibility index (Phi) is 10.8. The Labute approximate surface area is 307 Å². The molecule has 12 nitrogen and oxygen atoms in total. The number of hydrogen-bond donors (Lipinski definition) is 4. The van der Waals surface area contributed by atoms with Gasteiger partial charge in [0.1, 0.15) is 17.1 Å². The standard InChI is InChI=1S/C35H29F4N5O7S2/c36-25-14-23(3-6-26(25)45)40-27(46)16-42-10-7-19(8-11-42)15-43-12-9-20(31(43)48)13-21-17-53-33-29(32(49)44(33)30(21)34(50)51)41-28(47)18-52-24-4-1-22(2-5-24)35(37,38)39/h1-8,10-11,13-14,29,33H,9,12,15-18H2,(H3-,40,41,45,46,47,50,51)/p+1/b20-13+. The Morgan fingerprint density at radius 2 is 1.75 bits per heavy atom. The molecular weight excluding hydrogens is 743 g/mol. The maximum absolute atomic E-state index is 13.6. The van der Waals surface area contributed by atoms with Crippen LogP contribution < -0.4 is 15.2 Å². The SMILES string of the molecule is O=C(C[n+]1ccc(CN2CC/C(=C\C3=C(C(=O)O)N4C(=O)C(NC(=O)CSc5ccc(C(F)(F)F)cc5)C4SC3)C2=O)cc1)Nc1ccc(O)c(F)c1. The summed E-state index contributed by atoms with van der Waals surface area (Å²) in [5.41, 5.74) is 0.545. The summed E-state index contributed by atoms with van der Waals surface area (Å²) in [6.45, 7) is 0.550. The minimum atomic E-state index is -4.48. The van der Waals surface area contributed by atoms with Crippen molar-refractivity contribution in [1.29, 1.82) is 0 Å². The Morgan fingerprint density at radius 3 is 2.42 bits per heavy atom. The Balaban J connectivity index is 1.03. The molecule has 6 rings (SSSR count). The highest BCUT2D eigenvalue weighted by atomic mass is 32.2. The smallest absolute Gasteiger partial charge is 0.416 e. The van der Waals surface area contributed by atoms with Gasteiger partial charge in [-0.3, -0.25) is 24.1 Å². The summed E-state index contributed by atoms with van der Waals surface area (Å²) in [4.78, 5) is 66.9. The average Bonchev–Trinajstić information content (AvgIpc) is 3.45. The van der Waals surface area contributed by atoms with Crippen LogP contribution in [0, 0.1) is 5.82 Å². The fraction of sp³-hybridized carbons (Fsp3) is 0.257. The van der Waals surface area contributed by atoms with Crippen LogP contribution in [0.15, 0.2) is 94.8 Å². The first kappa shape index (κ1) is 37.4. The van der Waals surface area contributed by atoms with Crippen LogP contribution in [0.25, 0.3) is 0 Å². The van der Waals surface area contributed by atoms with E-state index in [1.165, 1.54) is 36.0 Å². The quantitative estimate of drug-likeness (QED) is 0.0570. The molecule has 4 N–H and O–H groups in total. The molecule has 2 atom stereocenters. The van der Waals surface area contributed by atoms with Crippen molar-refractivity contribution in [3.05, 3.63) is 107 Å². The van der Waals surface area contributed by atoms with E-state index in [0.717, 1.165) is 46.5 Å². The lowest BCUT2D eigenvalue weighted by molar-refractivity contribution is -0.684. The van der Waals surface area contributed by atoms with Crippen LogP contribution in [0.2, 0.25) is 0 Å². The summed E-state index contributed by atoms with van der Waals surface area (Å²) in [5, 5.41) is 23.8. The van der Waals surface area contributed by atoms with Crippen LogP contribution in [0.1, 0.15) is 17.5 Å². The van der Waals surface area contributed by atoms with Crippen LogP contribution in [0.4, 0.5) is 23.2 Å². The molecule has 4 heterocycles. The van der Waals surface area contributed by atoms with Gasteiger partial charge in [0.15, 0.2) is 24.0 Å². The van der Waals surface area contributed by atoms with Gasteiger partial charge in [0.2, 0.25) is 18.4 Å². The number of alkyl halides is 3. The summed E-state index contributed by atoms with van der Waals surface area (Å²) >= 11 is 2.23. The van der Waals surface area contributed by atoms with Gasteiger partial charge < -0.3 is 25.7 Å². The highest BCUT2D eigenvalue weighted by Crippen LogP contribution is 2.41. The third kappa shape index (κ3) is 8.49. The predicted octanol–water partition coefficient (Wildman–Crippen LogP) is 3.67. The number of halogens is 4. The molecule has 3 aliphatic heterocycles. The van der Waals surface area contributed by atoms with Crippen molar-refractivity contribution in [2.24, 2.45) is 0 Å². The number of rotatable bonds is 11. The number of fused-ring (bicyclic) bond motifs is 1. The summed E-state index contributed by atoms with van der Waals surface area (Å²) in [7, 11) is 0. The minimum Gasteiger partial charge on any atom is -0.505 e. The lowest BCUT2D eigenvalue weighted by Crippen LogP contribution is -2.70. The van der Waals surface area contributed by atoms with Gasteiger partial charge in [-0.2, -0.15) is 17.7 Å². The molecule has 0 saturated carbocycles. The molecule has 2 unspecified atom stereocenters. The zero-order chi connectivity index (χ0) is 38.0. The van der Waals surface area contributed by atoms with Gasteiger partial charge in [0.05, 0.1) is 11.3 Å². The molecule has 2 saturated heterocycles. The molecule has 0 aliphatic carbocycles. The number of carbonyl (C=O) groups is 5. The number of likely N-dealkylation sites (tertiary alicyclic amines) is 1. The number of aromatic nitrogens is 1. The van der Waals surface area contributed by atoms with Gasteiger partial charge in [-0.1, -0.05) is 0 Å². The first-order chi connectivity index (χ1) is 25.2. The van der Waals surface area contributed by atoms with Crippen molar-refractivity contribution >= 4 is 58.8 Å². The number of aromatic hydroxyl groups is 1. The Morgan fingerprint density at radius 1 is 1.04 bits per heavy atom. The topological polar surface area (TPSA) is 160 Å². The molecule has 4 amide bonds. The van der Waals surface area contributed by atoms with Crippen molar-refractivity contribution in [1.82, 2.24) is 15.1 Å². The Hall–Kier alpha value is -5.36. The molecule has 0 spiro atoms. The number of allylic oxidation sites excluding steroid dienone is 1. The maximum Gasteiger partial charge on any atom is 0.416 e. The van der Waals surface area contributed by atoms with Crippen LogP contribution in [0.3, 0.4) is 0 Å². The number of phenolic OH excluding ortho intramolecular Hbond substituents is 1. The number of anilines is 1. The lowest BCUT2D eigenvalue weighted by atomic mass is 10.0. The van der Waals surface area contributed by atoms with Gasteiger partial charge in [0, 0.05) is 53.2 Å². The molecule has 0 radical (unpaired) electrons. The zero-order valence-electron chi connectivity index (χ0n) is 27.4. The Bertz CT molecular complexity index is 2040. The number of amides is 4. The average molecular weight is 773 g/mol. The molecule has 1 aromatic heterocycles. The van der Waals surface area contributed by atoms with Crippen LogP contribution in [-0.4, -0.2) is 79.1 Å². The number of hydrogen-bond acceptors (Lipinski definition) is 8. The van der Waals surface area contributed by atoms with Crippen LogP contribution in [-0.2, 0) is 43.2 Å². The third-order valence-corrected chi connectivity index (χ3v) is 10.8. The fourth-order valence-corrected chi connectivity index (χ4v) is 7.91. The van der Waals surface area contributed by atoms with Crippen molar-refractivity contribution in [3.63, 3.8) is 0 Å². The summed E-state index contributed by atoms with van der Waals surface area (Å²) in [5.74, 6) is -4.65. The van der Waals surface area contributed by atoms with E-state index in [9.17, 15) is 51.7 Å². The minimum absolute atomic E-state index is 0.0736. The second kappa shape index (κ2) is 15.3. The fourth-order valence-electron chi connectivity index (χ4n) is 5.89. The van der Waals surface area contributed by atoms with E-state index in [4.69, 9.17) is 0 Å². The van der Waals surface area contributed by atoms with Gasteiger partial charge >= 0.3 is 12.1 Å². The van der Waals surface area contributed by atoms with Gasteiger partial charge in [-0.15, -0.1) is 23.5 Å². The van der Waals surface area contributed by atoms with Gasteiger partial charge in [-0.05, 0) is 60.0 Å². The number of nitrogens with zero attached hydrogens (tertiary/aromatic N) is 3. The van der Waals surface area contributed by atoms with E-state index in [1.54, 1.807) is 34.0 Å². The third-order valence-electron chi connectivity index (χ3n) is 8.52. The molecule has 3 aromatic rings. The van der Waals surface area contributed by atoms with E-state index in [0.29, 0.717) is 23.4 Å². The zero-order valence-corrected chi connectivity index (χ0v) is 29.1. The van der Waals surface area contributed by atoms with Crippen LogP contribution >= 0.6 is 23.5 Å². The molecule has 2 aromatic carbocycles. The number of pyridine rings is 1. The van der Waals surface area contributed by atoms with E-state index in [-0.39, 0.29) is 47.5 Å². The molecule has 0 bridgehead atoms. The van der Waals surface area contributed by atoms with Crippen molar-refractivity contribution < 1.29 is 56.3 Å². The molecule has 3 aliphatic rings. The first-order valence-electron chi connectivity index (χ1n) is 15.9. The first-order valence-corrected chi connectivity index (χ1v) is 18.0. The number of carboxylic acids is 1. The van der Waals surface area contributed by atoms with E-state index in [1.807, 2.05) is 0 Å². The number of nitrogens with one attached hydrogen (secondary N) is 2. The maximum atomic E-state index is 13.6. The van der Waals surface area contributed by atoms with Crippen LogP contribution in [0.5, 0.6) is 5.75 Å². The second-order valence-electron chi connectivity index (χ2n) is 12.2.